The van der Waals surface area contributed by atoms with Crippen LogP contribution in [0.5, 0.6) is 0 Å². The van der Waals surface area contributed by atoms with Gasteiger partial charge in [-0.15, -0.1) is 0 Å². The topological polar surface area (TPSA) is 45.4 Å². The summed E-state index contributed by atoms with van der Waals surface area (Å²) in [6.45, 7) is 3.22. The largest absolute Gasteiger partial charge is 0.467 e. The molecule has 2 unspecified atom stereocenters. The van der Waals surface area contributed by atoms with Crippen LogP contribution in [0.25, 0.3) is 0 Å². The molecule has 2 aromatic rings. The Balaban J connectivity index is 2.08. The molecule has 0 radical (unpaired) electrons. The summed E-state index contributed by atoms with van der Waals surface area (Å²) in [6, 6.07) is 14.2. The first-order valence-electron chi connectivity index (χ1n) is 6.74. The molecule has 0 saturated carbocycles. The molecule has 0 aliphatic carbocycles. The lowest BCUT2D eigenvalue weighted by molar-refractivity contribution is 0.258. The molecular weight excluding hydrogens is 238 g/mol. The van der Waals surface area contributed by atoms with Crippen molar-refractivity contribution >= 4 is 0 Å². The Hall–Kier alpha value is -1.58. The number of rotatable bonds is 7. The summed E-state index contributed by atoms with van der Waals surface area (Å²) in [4.78, 5) is 0. The minimum Gasteiger partial charge on any atom is -0.467 e. The molecule has 0 aliphatic rings. The molecule has 3 nitrogen and oxygen atoms in total. The van der Waals surface area contributed by atoms with Crippen LogP contribution in [-0.2, 0) is 0 Å². The van der Waals surface area contributed by atoms with Crippen LogP contribution in [0.1, 0.15) is 30.7 Å². The molecule has 0 fully saturated rings. The molecule has 0 amide bonds. The Kier molecular flexibility index (Phi) is 5.19. The predicted molar refractivity (Wildman–Crippen MR) is 75.9 cm³/mol. The van der Waals surface area contributed by atoms with E-state index in [1.54, 1.807) is 6.26 Å². The Bertz CT molecular complexity index is 453. The van der Waals surface area contributed by atoms with Gasteiger partial charge in [-0.3, -0.25) is 0 Å². The fourth-order valence-corrected chi connectivity index (χ4v) is 2.13. The van der Waals surface area contributed by atoms with Crippen LogP contribution in [0.4, 0.5) is 0 Å². The Morgan fingerprint density at radius 3 is 2.58 bits per heavy atom. The number of nitrogens with one attached hydrogen (secondary N) is 1. The molecular formula is C16H21NO2. The van der Waals surface area contributed by atoms with Gasteiger partial charge in [0, 0.05) is 6.61 Å². The van der Waals surface area contributed by atoms with E-state index in [1.807, 2.05) is 30.3 Å². The number of aliphatic hydroxyl groups excluding tert-OH is 1. The molecule has 19 heavy (non-hydrogen) atoms. The summed E-state index contributed by atoms with van der Waals surface area (Å²) < 4.78 is 5.53. The molecule has 0 aliphatic heterocycles. The summed E-state index contributed by atoms with van der Waals surface area (Å²) in [5.74, 6) is 1.36. The first kappa shape index (κ1) is 13.8. The maximum Gasteiger partial charge on any atom is 0.125 e. The van der Waals surface area contributed by atoms with E-state index in [0.717, 1.165) is 18.7 Å². The summed E-state index contributed by atoms with van der Waals surface area (Å²) in [5.41, 5.74) is 1.19. The zero-order chi connectivity index (χ0) is 13.5. The van der Waals surface area contributed by atoms with Crippen molar-refractivity contribution in [1.82, 2.24) is 5.32 Å². The van der Waals surface area contributed by atoms with E-state index < -0.39 is 0 Å². The molecule has 2 atom stereocenters. The first-order chi connectivity index (χ1) is 9.31. The maximum atomic E-state index is 8.96. The highest BCUT2D eigenvalue weighted by Gasteiger charge is 2.16. The van der Waals surface area contributed by atoms with Gasteiger partial charge < -0.3 is 14.8 Å². The van der Waals surface area contributed by atoms with E-state index in [0.29, 0.717) is 5.92 Å². The molecule has 1 aromatic carbocycles. The second-order valence-electron chi connectivity index (χ2n) is 4.88. The van der Waals surface area contributed by atoms with Crippen molar-refractivity contribution < 1.29 is 9.52 Å². The zero-order valence-electron chi connectivity index (χ0n) is 11.3. The van der Waals surface area contributed by atoms with Crippen LogP contribution in [-0.4, -0.2) is 18.3 Å². The third-order valence-electron chi connectivity index (χ3n) is 3.25. The van der Waals surface area contributed by atoms with Gasteiger partial charge in [0.2, 0.25) is 0 Å². The Morgan fingerprint density at radius 1 is 1.16 bits per heavy atom. The third kappa shape index (κ3) is 3.94. The molecule has 0 spiro atoms. The standard InChI is InChI=1S/C16H21NO2/c1-13(9-10-18)12-17-16(15-8-5-11-19-15)14-6-3-2-4-7-14/h2-8,11,13,16-18H,9-10,12H2,1H3. The van der Waals surface area contributed by atoms with Crippen molar-refractivity contribution in [2.45, 2.75) is 19.4 Å². The van der Waals surface area contributed by atoms with Crippen LogP contribution in [0.3, 0.4) is 0 Å². The fourth-order valence-electron chi connectivity index (χ4n) is 2.13. The molecule has 1 aromatic heterocycles. The monoisotopic (exact) mass is 259 g/mol. The lowest BCUT2D eigenvalue weighted by atomic mass is 10.0. The quantitative estimate of drug-likeness (QED) is 0.803. The number of hydrogen-bond donors (Lipinski definition) is 2. The lowest BCUT2D eigenvalue weighted by Gasteiger charge is -2.19. The molecule has 1 heterocycles. The smallest absolute Gasteiger partial charge is 0.125 e. The van der Waals surface area contributed by atoms with Crippen molar-refractivity contribution in [3.8, 4) is 0 Å². The average molecular weight is 259 g/mol. The molecule has 2 rings (SSSR count). The normalized spacial score (nSPS) is 14.2. The minimum atomic E-state index is 0.0670. The first-order valence-corrected chi connectivity index (χ1v) is 6.74. The maximum absolute atomic E-state index is 8.96. The summed E-state index contributed by atoms with van der Waals surface area (Å²) in [6.07, 6.45) is 2.51. The molecule has 3 heteroatoms. The van der Waals surface area contributed by atoms with Gasteiger partial charge in [-0.2, -0.15) is 0 Å². The van der Waals surface area contributed by atoms with E-state index >= 15 is 0 Å². The molecule has 102 valence electrons. The van der Waals surface area contributed by atoms with Gasteiger partial charge in [-0.1, -0.05) is 37.3 Å². The van der Waals surface area contributed by atoms with Gasteiger partial charge in [0.1, 0.15) is 5.76 Å². The SMILES string of the molecule is CC(CCO)CNC(c1ccccc1)c1ccco1. The van der Waals surface area contributed by atoms with Crippen LogP contribution < -0.4 is 5.32 Å². The predicted octanol–water partition coefficient (Wildman–Crippen LogP) is 2.98. The van der Waals surface area contributed by atoms with E-state index in [-0.39, 0.29) is 12.6 Å². The van der Waals surface area contributed by atoms with Crippen molar-refractivity contribution in [3.63, 3.8) is 0 Å². The fraction of sp³-hybridized carbons (Fsp3) is 0.375. The molecule has 2 N–H and O–H groups in total. The van der Waals surface area contributed by atoms with Crippen LogP contribution >= 0.6 is 0 Å². The van der Waals surface area contributed by atoms with Gasteiger partial charge in [0.25, 0.3) is 0 Å². The lowest BCUT2D eigenvalue weighted by Crippen LogP contribution is -2.27. The van der Waals surface area contributed by atoms with Crippen molar-refractivity contribution in [2.75, 3.05) is 13.2 Å². The van der Waals surface area contributed by atoms with E-state index in [9.17, 15) is 0 Å². The van der Waals surface area contributed by atoms with Crippen molar-refractivity contribution in [2.24, 2.45) is 5.92 Å². The molecule has 0 saturated heterocycles. The van der Waals surface area contributed by atoms with Crippen LogP contribution in [0.2, 0.25) is 0 Å². The number of furan rings is 1. The van der Waals surface area contributed by atoms with E-state index in [1.165, 1.54) is 5.56 Å². The van der Waals surface area contributed by atoms with Gasteiger partial charge in [-0.25, -0.2) is 0 Å². The Labute approximate surface area is 114 Å². The van der Waals surface area contributed by atoms with Crippen molar-refractivity contribution in [3.05, 3.63) is 60.1 Å². The Morgan fingerprint density at radius 2 is 1.95 bits per heavy atom. The second-order valence-corrected chi connectivity index (χ2v) is 4.88. The highest BCUT2D eigenvalue weighted by Crippen LogP contribution is 2.22. The van der Waals surface area contributed by atoms with Gasteiger partial charge >= 0.3 is 0 Å². The van der Waals surface area contributed by atoms with Crippen LogP contribution in [0, 0.1) is 5.92 Å². The molecule has 0 bridgehead atoms. The number of aliphatic hydroxyl groups is 1. The van der Waals surface area contributed by atoms with Crippen molar-refractivity contribution in [1.29, 1.82) is 0 Å². The van der Waals surface area contributed by atoms with Gasteiger partial charge in [0.15, 0.2) is 0 Å². The van der Waals surface area contributed by atoms with E-state index in [4.69, 9.17) is 9.52 Å². The van der Waals surface area contributed by atoms with E-state index in [2.05, 4.69) is 24.4 Å². The third-order valence-corrected chi connectivity index (χ3v) is 3.25. The number of benzene rings is 1. The minimum absolute atomic E-state index is 0.0670. The van der Waals surface area contributed by atoms with Gasteiger partial charge in [0.05, 0.1) is 12.3 Å². The summed E-state index contributed by atoms with van der Waals surface area (Å²) in [5, 5.41) is 12.5. The zero-order valence-corrected chi connectivity index (χ0v) is 11.3. The summed E-state index contributed by atoms with van der Waals surface area (Å²) in [7, 11) is 0. The second kappa shape index (κ2) is 7.12. The average Bonchev–Trinajstić information content (AvgIpc) is 2.94. The van der Waals surface area contributed by atoms with Crippen LogP contribution in [0.15, 0.2) is 53.1 Å². The highest BCUT2D eigenvalue weighted by atomic mass is 16.3. The highest BCUT2D eigenvalue weighted by molar-refractivity contribution is 5.26. The van der Waals surface area contributed by atoms with Gasteiger partial charge in [-0.05, 0) is 36.6 Å². The summed E-state index contributed by atoms with van der Waals surface area (Å²) >= 11 is 0. The number of hydrogen-bond acceptors (Lipinski definition) is 3.